The maximum Gasteiger partial charge on any atom is 0.339 e. The molecule has 0 amide bonds. The van der Waals surface area contributed by atoms with Gasteiger partial charge < -0.3 is 14.6 Å². The Hall–Kier alpha value is -1.76. The molecule has 0 aliphatic carbocycles. The fourth-order valence-corrected chi connectivity index (χ4v) is 2.44. The Labute approximate surface area is 118 Å². The topological polar surface area (TPSA) is 89.9 Å². The van der Waals surface area contributed by atoms with Gasteiger partial charge in [-0.1, -0.05) is 13.0 Å². The third-order valence-corrected chi connectivity index (χ3v) is 4.51. The van der Waals surface area contributed by atoms with Gasteiger partial charge in [0.15, 0.2) is 11.5 Å². The molecule has 112 valence electrons. The van der Waals surface area contributed by atoms with Crippen LogP contribution in [0.1, 0.15) is 23.7 Å². The summed E-state index contributed by atoms with van der Waals surface area (Å²) in [6.07, 6.45) is 0.299. The van der Waals surface area contributed by atoms with Gasteiger partial charge in [-0.15, -0.1) is 0 Å². The van der Waals surface area contributed by atoms with Gasteiger partial charge in [-0.05, 0) is 18.6 Å². The van der Waals surface area contributed by atoms with Crippen molar-refractivity contribution in [2.24, 2.45) is 0 Å². The van der Waals surface area contributed by atoms with E-state index in [2.05, 4.69) is 0 Å². The van der Waals surface area contributed by atoms with Crippen molar-refractivity contribution in [3.8, 4) is 11.5 Å². The maximum atomic E-state index is 11.3. The maximum absolute atomic E-state index is 11.3. The Morgan fingerprint density at radius 3 is 2.60 bits per heavy atom. The van der Waals surface area contributed by atoms with Gasteiger partial charge in [-0.25, -0.2) is 13.2 Å². The molecule has 1 rings (SSSR count). The van der Waals surface area contributed by atoms with Crippen molar-refractivity contribution in [3.05, 3.63) is 23.8 Å². The Balaban J connectivity index is 2.74. The average molecular weight is 302 g/mol. The molecule has 0 aromatic heterocycles. The number of methoxy groups -OCH3 is 1. The van der Waals surface area contributed by atoms with Crippen LogP contribution in [0.15, 0.2) is 18.2 Å². The van der Waals surface area contributed by atoms with Crippen LogP contribution in [0.3, 0.4) is 0 Å². The number of aromatic carboxylic acids is 1. The second kappa shape index (κ2) is 7.14. The predicted octanol–water partition coefficient (Wildman–Crippen LogP) is 1.60. The lowest BCUT2D eigenvalue weighted by atomic mass is 10.2. The van der Waals surface area contributed by atoms with Gasteiger partial charge >= 0.3 is 5.97 Å². The zero-order valence-corrected chi connectivity index (χ0v) is 12.3. The molecule has 0 bridgehead atoms. The summed E-state index contributed by atoms with van der Waals surface area (Å²) in [4.78, 5) is 11.1. The van der Waals surface area contributed by atoms with E-state index in [4.69, 9.17) is 14.6 Å². The fraction of sp³-hybridized carbons (Fsp3) is 0.462. The molecular formula is C13H18O6S. The van der Waals surface area contributed by atoms with Crippen LogP contribution in [0.25, 0.3) is 0 Å². The highest BCUT2D eigenvalue weighted by Gasteiger charge is 2.16. The highest BCUT2D eigenvalue weighted by Crippen LogP contribution is 2.31. The predicted molar refractivity (Wildman–Crippen MR) is 74.4 cm³/mol. The Morgan fingerprint density at radius 1 is 1.35 bits per heavy atom. The largest absolute Gasteiger partial charge is 0.493 e. The number of carboxylic acid groups (broad SMARTS) is 1. The number of hydrogen-bond acceptors (Lipinski definition) is 5. The first-order valence-electron chi connectivity index (χ1n) is 6.14. The van der Waals surface area contributed by atoms with Gasteiger partial charge in [0.1, 0.15) is 15.4 Å². The number of carboxylic acids is 1. The lowest BCUT2D eigenvalue weighted by molar-refractivity contribution is 0.0691. The first kappa shape index (κ1) is 16.3. The molecule has 0 unspecified atom stereocenters. The lowest BCUT2D eigenvalue weighted by Gasteiger charge is -2.12. The van der Waals surface area contributed by atoms with Gasteiger partial charge in [-0.2, -0.15) is 0 Å². The van der Waals surface area contributed by atoms with Gasteiger partial charge in [0.05, 0.1) is 19.5 Å². The van der Waals surface area contributed by atoms with Crippen molar-refractivity contribution >= 4 is 15.8 Å². The van der Waals surface area contributed by atoms with E-state index in [0.29, 0.717) is 12.2 Å². The van der Waals surface area contributed by atoms with E-state index >= 15 is 0 Å². The van der Waals surface area contributed by atoms with E-state index in [9.17, 15) is 13.2 Å². The van der Waals surface area contributed by atoms with Gasteiger partial charge in [0, 0.05) is 5.75 Å². The van der Waals surface area contributed by atoms with E-state index < -0.39 is 15.8 Å². The number of hydrogen-bond donors (Lipinski definition) is 1. The van der Waals surface area contributed by atoms with E-state index in [1.165, 1.54) is 13.2 Å². The summed E-state index contributed by atoms with van der Waals surface area (Å²) in [5.41, 5.74) is -0.0114. The van der Waals surface area contributed by atoms with Crippen molar-refractivity contribution in [2.75, 3.05) is 25.2 Å². The third-order valence-electron chi connectivity index (χ3n) is 2.72. The smallest absolute Gasteiger partial charge is 0.339 e. The normalized spacial score (nSPS) is 11.1. The molecule has 0 aliphatic heterocycles. The molecular weight excluding hydrogens is 284 g/mol. The van der Waals surface area contributed by atoms with Crippen LogP contribution < -0.4 is 9.47 Å². The van der Waals surface area contributed by atoms with Crippen molar-refractivity contribution in [3.63, 3.8) is 0 Å². The molecule has 1 aromatic carbocycles. The summed E-state index contributed by atoms with van der Waals surface area (Å²) < 4.78 is 33.1. The second-order valence-corrected chi connectivity index (χ2v) is 6.55. The van der Waals surface area contributed by atoms with E-state index in [-0.39, 0.29) is 29.4 Å². The molecule has 0 radical (unpaired) electrons. The fourth-order valence-electron chi connectivity index (χ4n) is 1.59. The zero-order chi connectivity index (χ0) is 15.2. The van der Waals surface area contributed by atoms with Crippen molar-refractivity contribution < 1.29 is 27.8 Å². The standard InChI is InChI=1S/C13H18O6S/c1-3-20(16,17)9-5-8-19-12-10(13(14)15)6-4-7-11(12)18-2/h4,6-7H,3,5,8-9H2,1-2H3,(H,14,15). The molecule has 0 spiro atoms. The summed E-state index contributed by atoms with van der Waals surface area (Å²) in [5, 5.41) is 9.08. The number of benzene rings is 1. The molecule has 1 aromatic rings. The third kappa shape index (κ3) is 4.41. The first-order valence-corrected chi connectivity index (χ1v) is 7.97. The van der Waals surface area contributed by atoms with Crippen LogP contribution in [0, 0.1) is 0 Å². The number of rotatable bonds is 8. The minimum Gasteiger partial charge on any atom is -0.493 e. The molecule has 0 heterocycles. The Kier molecular flexibility index (Phi) is 5.82. The highest BCUT2D eigenvalue weighted by atomic mass is 32.2. The Bertz CT molecular complexity index is 564. The van der Waals surface area contributed by atoms with Gasteiger partial charge in [-0.3, -0.25) is 0 Å². The molecule has 0 fully saturated rings. The van der Waals surface area contributed by atoms with Crippen LogP contribution in [0.2, 0.25) is 0 Å². The second-order valence-electron chi connectivity index (χ2n) is 4.08. The number of ether oxygens (including phenoxy) is 2. The monoisotopic (exact) mass is 302 g/mol. The van der Waals surface area contributed by atoms with Crippen LogP contribution >= 0.6 is 0 Å². The Morgan fingerprint density at radius 2 is 2.05 bits per heavy atom. The van der Waals surface area contributed by atoms with Gasteiger partial charge in [0.25, 0.3) is 0 Å². The molecule has 20 heavy (non-hydrogen) atoms. The van der Waals surface area contributed by atoms with E-state index in [1.807, 2.05) is 0 Å². The zero-order valence-electron chi connectivity index (χ0n) is 11.5. The van der Waals surface area contributed by atoms with Crippen molar-refractivity contribution in [1.29, 1.82) is 0 Å². The average Bonchev–Trinajstić information content (AvgIpc) is 2.43. The van der Waals surface area contributed by atoms with Crippen LogP contribution in [-0.4, -0.2) is 44.7 Å². The molecule has 6 nitrogen and oxygen atoms in total. The van der Waals surface area contributed by atoms with E-state index in [0.717, 1.165) is 0 Å². The summed E-state index contributed by atoms with van der Waals surface area (Å²) in [6.45, 7) is 1.69. The van der Waals surface area contributed by atoms with Crippen molar-refractivity contribution in [2.45, 2.75) is 13.3 Å². The van der Waals surface area contributed by atoms with Crippen LogP contribution in [0.4, 0.5) is 0 Å². The summed E-state index contributed by atoms with van der Waals surface area (Å²) >= 11 is 0. The molecule has 1 N–H and O–H groups in total. The quantitative estimate of drug-likeness (QED) is 0.734. The van der Waals surface area contributed by atoms with E-state index in [1.54, 1.807) is 19.1 Å². The number of para-hydroxylation sites is 1. The summed E-state index contributed by atoms with van der Waals surface area (Å²) in [5.74, 6) is -0.594. The highest BCUT2D eigenvalue weighted by molar-refractivity contribution is 7.91. The SMILES string of the molecule is CCS(=O)(=O)CCCOc1c(OC)cccc1C(=O)O. The summed E-state index contributed by atoms with van der Waals surface area (Å²) in [7, 11) is -1.63. The summed E-state index contributed by atoms with van der Waals surface area (Å²) in [6, 6.07) is 4.55. The van der Waals surface area contributed by atoms with Crippen molar-refractivity contribution in [1.82, 2.24) is 0 Å². The number of carbonyl (C=O) groups is 1. The minimum absolute atomic E-state index is 0.0114. The van der Waals surface area contributed by atoms with Crippen LogP contribution in [0.5, 0.6) is 11.5 Å². The molecule has 0 atom stereocenters. The van der Waals surface area contributed by atoms with Gasteiger partial charge in [0.2, 0.25) is 0 Å². The number of sulfone groups is 1. The molecule has 0 saturated heterocycles. The molecule has 0 aliphatic rings. The lowest BCUT2D eigenvalue weighted by Crippen LogP contribution is -2.13. The molecule has 0 saturated carbocycles. The minimum atomic E-state index is -3.04. The van der Waals surface area contributed by atoms with Crippen LogP contribution in [-0.2, 0) is 9.84 Å². The first-order chi connectivity index (χ1) is 9.41. The molecule has 7 heteroatoms.